The number of aliphatic carboxylic acids is 1. The van der Waals surface area contributed by atoms with Crippen molar-refractivity contribution in [1.82, 2.24) is 4.90 Å². The summed E-state index contributed by atoms with van der Waals surface area (Å²) in [5, 5.41) is 8.79. The lowest BCUT2D eigenvalue weighted by molar-refractivity contribution is -0.142. The second kappa shape index (κ2) is 6.56. The maximum Gasteiger partial charge on any atom is 0.307 e. The number of carboxylic acids is 1. The molecule has 0 aromatic rings. The van der Waals surface area contributed by atoms with Gasteiger partial charge >= 0.3 is 5.97 Å². The minimum Gasteiger partial charge on any atom is -0.481 e. The average Bonchev–Trinajstić information content (AvgIpc) is 2.00. The molecule has 0 amide bonds. The number of carbonyl (C=O) groups excluding carboxylic acids is 1. The van der Waals surface area contributed by atoms with E-state index in [0.717, 1.165) is 6.54 Å². The van der Waals surface area contributed by atoms with E-state index in [4.69, 9.17) is 5.11 Å². The van der Waals surface area contributed by atoms with Crippen LogP contribution in [0, 0.1) is 11.8 Å². The van der Waals surface area contributed by atoms with Crippen molar-refractivity contribution in [3.8, 4) is 0 Å². The number of nitrogens with zero attached hydrogens (tertiary/aromatic N) is 1. The summed E-state index contributed by atoms with van der Waals surface area (Å²) in [5.41, 5.74) is 0. The van der Waals surface area contributed by atoms with E-state index in [2.05, 4.69) is 13.8 Å². The number of Topliss-reactive ketones (excluding diaryl/α,β-unsaturated/α-hetero) is 1. The molecule has 0 saturated heterocycles. The van der Waals surface area contributed by atoms with Crippen LogP contribution >= 0.6 is 0 Å². The van der Waals surface area contributed by atoms with Gasteiger partial charge in [0.2, 0.25) is 0 Å². The van der Waals surface area contributed by atoms with Gasteiger partial charge in [-0.1, -0.05) is 20.8 Å². The first kappa shape index (κ1) is 14.1. The van der Waals surface area contributed by atoms with Crippen molar-refractivity contribution < 1.29 is 14.7 Å². The molecule has 4 nitrogen and oxygen atoms in total. The van der Waals surface area contributed by atoms with Crippen LogP contribution in [0.15, 0.2) is 0 Å². The fraction of sp³-hybridized carbons (Fsp3) is 0.818. The molecule has 0 radical (unpaired) electrons. The molecular weight excluding hydrogens is 194 g/mol. The smallest absolute Gasteiger partial charge is 0.307 e. The second-order valence-corrected chi connectivity index (χ2v) is 4.53. The predicted octanol–water partition coefficient (Wildman–Crippen LogP) is 1.25. The zero-order valence-corrected chi connectivity index (χ0v) is 9.99. The van der Waals surface area contributed by atoms with Gasteiger partial charge in [0.15, 0.2) is 0 Å². The van der Waals surface area contributed by atoms with Gasteiger partial charge in [0.05, 0.1) is 12.5 Å². The monoisotopic (exact) mass is 215 g/mol. The Hall–Kier alpha value is -0.900. The number of ketones is 1. The summed E-state index contributed by atoms with van der Waals surface area (Å²) in [6.07, 6.45) is 0. The molecule has 88 valence electrons. The average molecular weight is 215 g/mol. The Morgan fingerprint density at radius 1 is 1.20 bits per heavy atom. The van der Waals surface area contributed by atoms with E-state index in [-0.39, 0.29) is 5.78 Å². The van der Waals surface area contributed by atoms with E-state index in [1.807, 2.05) is 4.90 Å². The van der Waals surface area contributed by atoms with Gasteiger partial charge in [0.25, 0.3) is 0 Å². The molecule has 0 bridgehead atoms. The molecule has 0 saturated carbocycles. The van der Waals surface area contributed by atoms with Crippen molar-refractivity contribution in [1.29, 1.82) is 0 Å². The zero-order chi connectivity index (χ0) is 12.0. The Balaban J connectivity index is 4.23. The van der Waals surface area contributed by atoms with Crippen molar-refractivity contribution in [2.75, 3.05) is 19.6 Å². The molecule has 0 aliphatic carbocycles. The van der Waals surface area contributed by atoms with Gasteiger partial charge in [-0.05, 0) is 12.8 Å². The fourth-order valence-corrected chi connectivity index (χ4v) is 1.50. The highest BCUT2D eigenvalue weighted by molar-refractivity contribution is 5.77. The first-order chi connectivity index (χ1) is 6.82. The Kier molecular flexibility index (Phi) is 6.17. The third kappa shape index (κ3) is 7.08. The second-order valence-electron chi connectivity index (χ2n) is 4.53. The SMILES string of the molecule is CC(=O)CN(CC(C)C)CC(C)C(=O)O. The molecule has 1 N–H and O–H groups in total. The van der Waals surface area contributed by atoms with Crippen LogP contribution in [0.5, 0.6) is 0 Å². The quantitative estimate of drug-likeness (QED) is 0.694. The number of carboxylic acid groups (broad SMARTS) is 1. The number of rotatable bonds is 7. The van der Waals surface area contributed by atoms with Gasteiger partial charge in [0.1, 0.15) is 5.78 Å². The van der Waals surface area contributed by atoms with Crippen LogP contribution in [0.3, 0.4) is 0 Å². The first-order valence-corrected chi connectivity index (χ1v) is 5.27. The van der Waals surface area contributed by atoms with Crippen LogP contribution < -0.4 is 0 Å². The highest BCUT2D eigenvalue weighted by Crippen LogP contribution is 2.04. The lowest BCUT2D eigenvalue weighted by atomic mass is 10.1. The summed E-state index contributed by atoms with van der Waals surface area (Å²) in [5.74, 6) is -0.728. The van der Waals surface area contributed by atoms with Crippen molar-refractivity contribution in [3.05, 3.63) is 0 Å². The normalized spacial score (nSPS) is 13.2. The molecule has 0 heterocycles. The predicted molar refractivity (Wildman–Crippen MR) is 58.8 cm³/mol. The molecule has 0 aromatic carbocycles. The minimum atomic E-state index is -0.813. The molecule has 1 atom stereocenters. The van der Waals surface area contributed by atoms with Crippen molar-refractivity contribution in [3.63, 3.8) is 0 Å². The van der Waals surface area contributed by atoms with Crippen LogP contribution in [0.4, 0.5) is 0 Å². The van der Waals surface area contributed by atoms with E-state index in [9.17, 15) is 9.59 Å². The van der Waals surface area contributed by atoms with Crippen molar-refractivity contribution >= 4 is 11.8 Å². The zero-order valence-electron chi connectivity index (χ0n) is 9.99. The lowest BCUT2D eigenvalue weighted by Gasteiger charge is -2.24. The van der Waals surface area contributed by atoms with Crippen LogP contribution in [-0.2, 0) is 9.59 Å². The number of hydrogen-bond donors (Lipinski definition) is 1. The molecule has 1 unspecified atom stereocenters. The Labute approximate surface area is 91.3 Å². The molecule has 0 aromatic heterocycles. The third-order valence-electron chi connectivity index (χ3n) is 2.02. The Morgan fingerprint density at radius 3 is 2.07 bits per heavy atom. The van der Waals surface area contributed by atoms with Gasteiger partial charge in [-0.25, -0.2) is 0 Å². The molecule has 0 aliphatic heterocycles. The van der Waals surface area contributed by atoms with E-state index in [1.165, 1.54) is 6.92 Å². The van der Waals surface area contributed by atoms with E-state index < -0.39 is 11.9 Å². The summed E-state index contributed by atoms with van der Waals surface area (Å²) >= 11 is 0. The molecule has 4 heteroatoms. The molecule has 0 aliphatic rings. The number of carbonyl (C=O) groups is 2. The summed E-state index contributed by atoms with van der Waals surface area (Å²) in [6.45, 7) is 8.84. The fourth-order valence-electron chi connectivity index (χ4n) is 1.50. The maximum absolute atomic E-state index is 11.0. The van der Waals surface area contributed by atoms with Crippen LogP contribution in [-0.4, -0.2) is 41.4 Å². The van der Waals surface area contributed by atoms with Gasteiger partial charge in [-0.2, -0.15) is 0 Å². The lowest BCUT2D eigenvalue weighted by Crippen LogP contribution is -2.37. The largest absolute Gasteiger partial charge is 0.481 e. The summed E-state index contributed by atoms with van der Waals surface area (Å²) in [4.78, 5) is 23.6. The van der Waals surface area contributed by atoms with E-state index in [0.29, 0.717) is 19.0 Å². The Bertz CT molecular complexity index is 226. The molecule has 15 heavy (non-hydrogen) atoms. The van der Waals surface area contributed by atoms with Gasteiger partial charge in [-0.3, -0.25) is 14.5 Å². The molecule has 0 fully saturated rings. The van der Waals surface area contributed by atoms with Gasteiger partial charge < -0.3 is 5.11 Å². The van der Waals surface area contributed by atoms with Gasteiger partial charge in [-0.15, -0.1) is 0 Å². The third-order valence-corrected chi connectivity index (χ3v) is 2.02. The van der Waals surface area contributed by atoms with Crippen molar-refractivity contribution in [2.24, 2.45) is 11.8 Å². The summed E-state index contributed by atoms with van der Waals surface area (Å²) in [6, 6.07) is 0. The standard InChI is InChI=1S/C11H21NO3/c1-8(2)5-12(7-10(4)13)6-9(3)11(14)15/h8-9H,5-7H2,1-4H3,(H,14,15). The van der Waals surface area contributed by atoms with Crippen LogP contribution in [0.1, 0.15) is 27.7 Å². The maximum atomic E-state index is 11.0. The highest BCUT2D eigenvalue weighted by atomic mass is 16.4. The number of hydrogen-bond acceptors (Lipinski definition) is 3. The van der Waals surface area contributed by atoms with E-state index >= 15 is 0 Å². The summed E-state index contributed by atoms with van der Waals surface area (Å²) < 4.78 is 0. The topological polar surface area (TPSA) is 57.6 Å². The molecule has 0 rings (SSSR count). The van der Waals surface area contributed by atoms with Gasteiger partial charge in [0, 0.05) is 13.1 Å². The summed E-state index contributed by atoms with van der Waals surface area (Å²) in [7, 11) is 0. The van der Waals surface area contributed by atoms with Crippen LogP contribution in [0.2, 0.25) is 0 Å². The van der Waals surface area contributed by atoms with Crippen molar-refractivity contribution in [2.45, 2.75) is 27.7 Å². The minimum absolute atomic E-state index is 0.0771. The highest BCUT2D eigenvalue weighted by Gasteiger charge is 2.17. The van der Waals surface area contributed by atoms with E-state index in [1.54, 1.807) is 6.92 Å². The molecular formula is C11H21NO3. The molecule has 0 spiro atoms. The van der Waals surface area contributed by atoms with Crippen LogP contribution in [0.25, 0.3) is 0 Å². The Morgan fingerprint density at radius 2 is 1.73 bits per heavy atom. The first-order valence-electron chi connectivity index (χ1n) is 5.27.